The topological polar surface area (TPSA) is 9.23 Å². The Bertz CT molecular complexity index is 200. The van der Waals surface area contributed by atoms with Gasteiger partial charge in [0.2, 0.25) is 0 Å². The van der Waals surface area contributed by atoms with Crippen LogP contribution >= 0.6 is 11.6 Å². The molecule has 1 fully saturated rings. The SMILES string of the molecule is C=C(Cl)O[C@@H]1C[C@H](C)CC[C@H]1C(C)C. The van der Waals surface area contributed by atoms with Gasteiger partial charge in [-0.2, -0.15) is 0 Å². The quantitative estimate of drug-likeness (QED) is 0.644. The van der Waals surface area contributed by atoms with Crippen molar-refractivity contribution in [2.75, 3.05) is 0 Å². The van der Waals surface area contributed by atoms with E-state index in [1.807, 2.05) is 0 Å². The molecule has 0 bridgehead atoms. The molecule has 1 rings (SSSR count). The van der Waals surface area contributed by atoms with Gasteiger partial charge in [-0.05, 0) is 48.8 Å². The summed E-state index contributed by atoms with van der Waals surface area (Å²) in [5, 5.41) is 0.342. The smallest absolute Gasteiger partial charge is 0.179 e. The largest absolute Gasteiger partial charge is 0.480 e. The zero-order valence-electron chi connectivity index (χ0n) is 9.42. The van der Waals surface area contributed by atoms with Gasteiger partial charge in [0.1, 0.15) is 6.10 Å². The maximum absolute atomic E-state index is 5.71. The number of ether oxygens (including phenoxy) is 1. The number of rotatable bonds is 3. The summed E-state index contributed by atoms with van der Waals surface area (Å²) in [4.78, 5) is 0. The van der Waals surface area contributed by atoms with Crippen LogP contribution in [0.3, 0.4) is 0 Å². The average Bonchev–Trinajstić information content (AvgIpc) is 2.01. The third-order valence-electron chi connectivity index (χ3n) is 3.24. The fourth-order valence-corrected chi connectivity index (χ4v) is 2.53. The number of hydrogen-bond acceptors (Lipinski definition) is 1. The van der Waals surface area contributed by atoms with Crippen molar-refractivity contribution in [1.29, 1.82) is 0 Å². The fourth-order valence-electron chi connectivity index (χ4n) is 2.41. The summed E-state index contributed by atoms with van der Waals surface area (Å²) in [6, 6.07) is 0. The summed E-state index contributed by atoms with van der Waals surface area (Å²) >= 11 is 5.71. The number of halogens is 1. The summed E-state index contributed by atoms with van der Waals surface area (Å²) in [7, 11) is 0. The predicted octanol–water partition coefficient (Wildman–Crippen LogP) is 4.17. The van der Waals surface area contributed by atoms with E-state index in [-0.39, 0.29) is 6.10 Å². The van der Waals surface area contributed by atoms with Crippen molar-refractivity contribution < 1.29 is 4.74 Å². The zero-order valence-corrected chi connectivity index (χ0v) is 10.2. The molecule has 0 heterocycles. The van der Waals surface area contributed by atoms with Crippen LogP contribution in [0.15, 0.2) is 11.8 Å². The van der Waals surface area contributed by atoms with Crippen molar-refractivity contribution in [1.82, 2.24) is 0 Å². The molecule has 0 spiro atoms. The fraction of sp³-hybridized carbons (Fsp3) is 0.833. The van der Waals surface area contributed by atoms with Crippen molar-refractivity contribution in [3.63, 3.8) is 0 Å². The molecule has 0 aliphatic heterocycles. The van der Waals surface area contributed by atoms with Crippen molar-refractivity contribution in [2.24, 2.45) is 17.8 Å². The van der Waals surface area contributed by atoms with Crippen LogP contribution in [-0.4, -0.2) is 6.10 Å². The van der Waals surface area contributed by atoms with E-state index < -0.39 is 0 Å². The number of hydrogen-bond donors (Lipinski definition) is 0. The molecular weight excluding hydrogens is 196 g/mol. The third-order valence-corrected chi connectivity index (χ3v) is 3.33. The van der Waals surface area contributed by atoms with Crippen LogP contribution in [0.1, 0.15) is 40.0 Å². The Kier molecular flexibility index (Phi) is 4.31. The van der Waals surface area contributed by atoms with Gasteiger partial charge in [0.15, 0.2) is 5.22 Å². The predicted molar refractivity (Wildman–Crippen MR) is 61.2 cm³/mol. The van der Waals surface area contributed by atoms with E-state index in [2.05, 4.69) is 27.4 Å². The molecule has 82 valence electrons. The maximum atomic E-state index is 5.71. The lowest BCUT2D eigenvalue weighted by Crippen LogP contribution is -2.33. The molecule has 1 nitrogen and oxygen atoms in total. The minimum absolute atomic E-state index is 0.281. The molecule has 1 saturated carbocycles. The Hall–Kier alpha value is -0.170. The molecule has 2 heteroatoms. The molecule has 0 N–H and O–H groups in total. The highest BCUT2D eigenvalue weighted by molar-refractivity contribution is 6.27. The lowest BCUT2D eigenvalue weighted by molar-refractivity contribution is 0.00856. The minimum Gasteiger partial charge on any atom is -0.480 e. The van der Waals surface area contributed by atoms with Gasteiger partial charge in [0, 0.05) is 0 Å². The van der Waals surface area contributed by atoms with Crippen LogP contribution in [0, 0.1) is 17.8 Å². The second-order valence-corrected chi connectivity index (χ2v) is 5.26. The molecule has 0 aromatic rings. The first-order valence-corrected chi connectivity index (χ1v) is 5.89. The van der Waals surface area contributed by atoms with Gasteiger partial charge in [-0.1, -0.05) is 27.2 Å². The molecule has 1 aliphatic rings. The second-order valence-electron chi connectivity index (χ2n) is 4.84. The summed E-state index contributed by atoms with van der Waals surface area (Å²) in [5.41, 5.74) is 0. The molecule has 1 aliphatic carbocycles. The van der Waals surface area contributed by atoms with E-state index in [9.17, 15) is 0 Å². The molecule has 0 aromatic carbocycles. The maximum Gasteiger partial charge on any atom is 0.179 e. The Balaban J connectivity index is 2.58. The van der Waals surface area contributed by atoms with Crippen molar-refractivity contribution in [3.05, 3.63) is 11.8 Å². The molecule has 0 saturated heterocycles. The van der Waals surface area contributed by atoms with E-state index in [4.69, 9.17) is 16.3 Å². The van der Waals surface area contributed by atoms with Crippen LogP contribution in [0.2, 0.25) is 0 Å². The van der Waals surface area contributed by atoms with Gasteiger partial charge in [-0.3, -0.25) is 0 Å². The van der Waals surface area contributed by atoms with E-state index in [0.717, 1.165) is 12.3 Å². The Morgan fingerprint density at radius 3 is 2.57 bits per heavy atom. The van der Waals surface area contributed by atoms with Crippen LogP contribution in [0.5, 0.6) is 0 Å². The third kappa shape index (κ3) is 3.20. The van der Waals surface area contributed by atoms with E-state index >= 15 is 0 Å². The summed E-state index contributed by atoms with van der Waals surface area (Å²) in [6.45, 7) is 10.4. The van der Waals surface area contributed by atoms with Gasteiger partial charge in [-0.25, -0.2) is 0 Å². The Labute approximate surface area is 92.5 Å². The highest BCUT2D eigenvalue weighted by atomic mass is 35.5. The van der Waals surface area contributed by atoms with E-state index in [1.165, 1.54) is 12.8 Å². The van der Waals surface area contributed by atoms with E-state index in [0.29, 0.717) is 17.1 Å². The van der Waals surface area contributed by atoms with Crippen molar-refractivity contribution in [3.8, 4) is 0 Å². The van der Waals surface area contributed by atoms with Crippen LogP contribution in [0.25, 0.3) is 0 Å². The second kappa shape index (κ2) is 5.06. The van der Waals surface area contributed by atoms with Gasteiger partial charge in [0.05, 0.1) is 0 Å². The molecule has 0 unspecified atom stereocenters. The van der Waals surface area contributed by atoms with Crippen LogP contribution in [0.4, 0.5) is 0 Å². The highest BCUT2D eigenvalue weighted by Gasteiger charge is 2.32. The van der Waals surface area contributed by atoms with E-state index in [1.54, 1.807) is 0 Å². The van der Waals surface area contributed by atoms with Crippen molar-refractivity contribution >= 4 is 11.6 Å². The molecule has 3 atom stereocenters. The van der Waals surface area contributed by atoms with Gasteiger partial charge in [-0.15, -0.1) is 0 Å². The van der Waals surface area contributed by atoms with Crippen molar-refractivity contribution in [2.45, 2.75) is 46.1 Å². The lowest BCUT2D eigenvalue weighted by atomic mass is 9.75. The lowest BCUT2D eigenvalue weighted by Gasteiger charge is -2.36. The zero-order chi connectivity index (χ0) is 10.7. The first-order chi connectivity index (χ1) is 6.50. The average molecular weight is 217 g/mol. The van der Waals surface area contributed by atoms with Crippen LogP contribution in [-0.2, 0) is 4.74 Å². The minimum atomic E-state index is 0.281. The summed E-state index contributed by atoms with van der Waals surface area (Å²) in [5.74, 6) is 2.07. The summed E-state index contributed by atoms with van der Waals surface area (Å²) < 4.78 is 5.61. The van der Waals surface area contributed by atoms with Gasteiger partial charge < -0.3 is 4.74 Å². The van der Waals surface area contributed by atoms with Gasteiger partial charge in [0.25, 0.3) is 0 Å². The first kappa shape index (κ1) is 11.9. The van der Waals surface area contributed by atoms with Gasteiger partial charge >= 0.3 is 0 Å². The first-order valence-electron chi connectivity index (χ1n) is 5.51. The summed E-state index contributed by atoms with van der Waals surface area (Å²) in [6.07, 6.45) is 3.98. The molecule has 0 amide bonds. The Morgan fingerprint density at radius 2 is 2.07 bits per heavy atom. The normalized spacial score (nSPS) is 33.1. The highest BCUT2D eigenvalue weighted by Crippen LogP contribution is 2.36. The standard InChI is InChI=1S/C12H21ClO/c1-8(2)11-6-5-9(3)7-12(11)14-10(4)13/h8-9,11-12H,4-7H2,1-3H3/t9-,11+,12-/m1/s1. The molecule has 0 aromatic heterocycles. The molecule has 0 radical (unpaired) electrons. The molecular formula is C12H21ClO. The monoisotopic (exact) mass is 216 g/mol. The van der Waals surface area contributed by atoms with Crippen LogP contribution < -0.4 is 0 Å². The molecule has 14 heavy (non-hydrogen) atoms. The Morgan fingerprint density at radius 1 is 1.43 bits per heavy atom.